The SMILES string of the molecule is COC(=O)C(CCCNC(=N)N)NC1CCC2(CCCCC2)CC1. The molecule has 2 rings (SSSR count). The van der Waals surface area contributed by atoms with Gasteiger partial charge in [-0.15, -0.1) is 0 Å². The number of hydrogen-bond acceptors (Lipinski definition) is 4. The molecule has 0 saturated heterocycles. The lowest BCUT2D eigenvalue weighted by Crippen LogP contribution is -2.47. The quantitative estimate of drug-likeness (QED) is 0.247. The highest BCUT2D eigenvalue weighted by atomic mass is 16.5. The summed E-state index contributed by atoms with van der Waals surface area (Å²) >= 11 is 0. The first kappa shape index (κ1) is 19.0. The lowest BCUT2D eigenvalue weighted by Gasteiger charge is -2.43. The molecule has 138 valence electrons. The van der Waals surface area contributed by atoms with Crippen LogP contribution < -0.4 is 16.4 Å². The van der Waals surface area contributed by atoms with Crippen molar-refractivity contribution in [1.29, 1.82) is 5.41 Å². The van der Waals surface area contributed by atoms with Gasteiger partial charge in [0, 0.05) is 12.6 Å². The summed E-state index contributed by atoms with van der Waals surface area (Å²) in [5, 5.41) is 13.5. The van der Waals surface area contributed by atoms with Crippen LogP contribution in [-0.2, 0) is 9.53 Å². The number of nitrogens with two attached hydrogens (primary N) is 1. The summed E-state index contributed by atoms with van der Waals surface area (Å²) in [6.45, 7) is 0.609. The maximum Gasteiger partial charge on any atom is 0.322 e. The summed E-state index contributed by atoms with van der Waals surface area (Å²) in [5.41, 5.74) is 5.88. The molecular formula is C18H34N4O2. The van der Waals surface area contributed by atoms with Gasteiger partial charge in [-0.3, -0.25) is 10.2 Å². The summed E-state index contributed by atoms with van der Waals surface area (Å²) in [4.78, 5) is 12.0. The van der Waals surface area contributed by atoms with Crippen molar-refractivity contribution in [3.8, 4) is 0 Å². The second kappa shape index (κ2) is 9.25. The first-order valence-corrected chi connectivity index (χ1v) is 9.46. The van der Waals surface area contributed by atoms with Gasteiger partial charge in [0.05, 0.1) is 7.11 Å². The van der Waals surface area contributed by atoms with E-state index in [0.29, 0.717) is 24.4 Å². The molecule has 5 N–H and O–H groups in total. The number of nitrogens with one attached hydrogen (secondary N) is 3. The van der Waals surface area contributed by atoms with Crippen LogP contribution >= 0.6 is 0 Å². The van der Waals surface area contributed by atoms with Crippen LogP contribution in [0.1, 0.15) is 70.6 Å². The van der Waals surface area contributed by atoms with E-state index >= 15 is 0 Å². The molecule has 0 aromatic heterocycles. The lowest BCUT2D eigenvalue weighted by molar-refractivity contribution is -0.143. The van der Waals surface area contributed by atoms with Gasteiger partial charge in [0.2, 0.25) is 0 Å². The lowest BCUT2D eigenvalue weighted by atomic mass is 9.64. The van der Waals surface area contributed by atoms with Gasteiger partial charge in [-0.2, -0.15) is 0 Å². The van der Waals surface area contributed by atoms with E-state index < -0.39 is 0 Å². The number of guanidine groups is 1. The zero-order valence-corrected chi connectivity index (χ0v) is 15.0. The predicted molar refractivity (Wildman–Crippen MR) is 95.9 cm³/mol. The average molecular weight is 338 g/mol. The highest BCUT2D eigenvalue weighted by Gasteiger charge is 2.37. The largest absolute Gasteiger partial charge is 0.468 e. The Morgan fingerprint density at radius 3 is 2.50 bits per heavy atom. The van der Waals surface area contributed by atoms with E-state index in [9.17, 15) is 4.79 Å². The number of carbonyl (C=O) groups is 1. The average Bonchev–Trinajstić information content (AvgIpc) is 2.59. The number of carbonyl (C=O) groups excluding carboxylic acids is 1. The van der Waals surface area contributed by atoms with Crippen molar-refractivity contribution in [2.75, 3.05) is 13.7 Å². The van der Waals surface area contributed by atoms with E-state index in [1.54, 1.807) is 0 Å². The Morgan fingerprint density at radius 2 is 1.92 bits per heavy atom. The summed E-state index contributed by atoms with van der Waals surface area (Å²) in [6.07, 6.45) is 13.4. The standard InChI is InChI=1S/C18H34N4O2/c1-24-16(23)15(6-5-13-21-17(19)20)22-14-7-11-18(12-8-14)9-3-2-4-10-18/h14-15,22H,2-13H2,1H3,(H4,19,20,21). The topological polar surface area (TPSA) is 100 Å². The third-order valence-corrected chi connectivity index (χ3v) is 5.87. The molecule has 0 aliphatic heterocycles. The Bertz CT molecular complexity index is 411. The maximum absolute atomic E-state index is 12.0. The molecule has 24 heavy (non-hydrogen) atoms. The number of hydrogen-bond donors (Lipinski definition) is 4. The minimum atomic E-state index is -0.255. The number of esters is 1. The van der Waals surface area contributed by atoms with Crippen LogP contribution in [0.2, 0.25) is 0 Å². The number of rotatable bonds is 7. The Hall–Kier alpha value is -1.30. The van der Waals surface area contributed by atoms with E-state index in [0.717, 1.165) is 6.42 Å². The Morgan fingerprint density at radius 1 is 1.25 bits per heavy atom. The fourth-order valence-corrected chi connectivity index (χ4v) is 4.42. The van der Waals surface area contributed by atoms with Crippen molar-refractivity contribution in [2.45, 2.75) is 82.7 Å². The van der Waals surface area contributed by atoms with Crippen molar-refractivity contribution in [2.24, 2.45) is 11.1 Å². The van der Waals surface area contributed by atoms with Crippen molar-refractivity contribution >= 4 is 11.9 Å². The Balaban J connectivity index is 1.77. The second-order valence-electron chi connectivity index (χ2n) is 7.56. The first-order valence-electron chi connectivity index (χ1n) is 9.46. The minimum absolute atomic E-state index is 0.0253. The van der Waals surface area contributed by atoms with Crippen LogP contribution in [0, 0.1) is 10.8 Å². The van der Waals surface area contributed by atoms with E-state index in [-0.39, 0.29) is 18.0 Å². The van der Waals surface area contributed by atoms with Gasteiger partial charge < -0.3 is 21.1 Å². The molecule has 1 unspecified atom stereocenters. The van der Waals surface area contributed by atoms with Gasteiger partial charge in [-0.1, -0.05) is 19.3 Å². The molecule has 6 heteroatoms. The summed E-state index contributed by atoms with van der Waals surface area (Å²) in [6, 6.07) is 0.164. The molecule has 2 aliphatic rings. The third-order valence-electron chi connectivity index (χ3n) is 5.87. The Labute approximate surface area is 145 Å². The van der Waals surface area contributed by atoms with Gasteiger partial charge in [-0.25, -0.2) is 0 Å². The Kier molecular flexibility index (Phi) is 7.34. The molecule has 0 amide bonds. The summed E-state index contributed by atoms with van der Waals surface area (Å²) in [7, 11) is 1.45. The van der Waals surface area contributed by atoms with Crippen LogP contribution in [0.25, 0.3) is 0 Å². The molecule has 0 radical (unpaired) electrons. The third kappa shape index (κ3) is 5.65. The van der Waals surface area contributed by atoms with E-state index in [2.05, 4.69) is 10.6 Å². The summed E-state index contributed by atoms with van der Waals surface area (Å²) in [5.74, 6) is -0.210. The highest BCUT2D eigenvalue weighted by Crippen LogP contribution is 2.47. The van der Waals surface area contributed by atoms with Crippen LogP contribution in [0.15, 0.2) is 0 Å². The molecule has 1 atom stereocenters. The van der Waals surface area contributed by atoms with Gasteiger partial charge in [0.1, 0.15) is 6.04 Å². The maximum atomic E-state index is 12.0. The molecule has 0 aromatic rings. The van der Waals surface area contributed by atoms with E-state index in [1.165, 1.54) is 64.9 Å². The highest BCUT2D eigenvalue weighted by molar-refractivity contribution is 5.75. The van der Waals surface area contributed by atoms with Crippen LogP contribution in [0.3, 0.4) is 0 Å². The number of methoxy groups -OCH3 is 1. The first-order chi connectivity index (χ1) is 11.5. The molecule has 0 aromatic carbocycles. The monoisotopic (exact) mass is 338 g/mol. The summed E-state index contributed by atoms with van der Waals surface area (Å²) < 4.78 is 4.95. The molecule has 0 heterocycles. The van der Waals surface area contributed by atoms with Crippen molar-refractivity contribution in [3.63, 3.8) is 0 Å². The molecule has 0 bridgehead atoms. The van der Waals surface area contributed by atoms with E-state index in [4.69, 9.17) is 15.9 Å². The molecular weight excluding hydrogens is 304 g/mol. The molecule has 2 saturated carbocycles. The zero-order chi connectivity index (χ0) is 17.4. The van der Waals surface area contributed by atoms with E-state index in [1.807, 2.05) is 0 Å². The molecule has 2 fully saturated rings. The molecule has 1 spiro atoms. The van der Waals surface area contributed by atoms with Crippen molar-refractivity contribution in [3.05, 3.63) is 0 Å². The minimum Gasteiger partial charge on any atom is -0.468 e. The van der Waals surface area contributed by atoms with Crippen molar-refractivity contribution in [1.82, 2.24) is 10.6 Å². The fraction of sp³-hybridized carbons (Fsp3) is 0.889. The molecule has 6 nitrogen and oxygen atoms in total. The second-order valence-corrected chi connectivity index (χ2v) is 7.56. The molecule has 2 aliphatic carbocycles. The normalized spacial score (nSPS) is 22.0. The van der Waals surface area contributed by atoms with Gasteiger partial charge >= 0.3 is 5.97 Å². The number of ether oxygens (including phenoxy) is 1. The van der Waals surface area contributed by atoms with Crippen LogP contribution in [0.4, 0.5) is 0 Å². The zero-order valence-electron chi connectivity index (χ0n) is 15.0. The van der Waals surface area contributed by atoms with Crippen molar-refractivity contribution < 1.29 is 9.53 Å². The van der Waals surface area contributed by atoms with Gasteiger partial charge in [0.25, 0.3) is 0 Å². The fourth-order valence-electron chi connectivity index (χ4n) is 4.42. The van der Waals surface area contributed by atoms with Crippen LogP contribution in [-0.4, -0.2) is 37.7 Å². The van der Waals surface area contributed by atoms with Gasteiger partial charge in [0.15, 0.2) is 5.96 Å². The predicted octanol–water partition coefficient (Wildman–Crippen LogP) is 2.27. The van der Waals surface area contributed by atoms with Crippen LogP contribution in [0.5, 0.6) is 0 Å². The van der Waals surface area contributed by atoms with Gasteiger partial charge in [-0.05, 0) is 56.8 Å². The smallest absolute Gasteiger partial charge is 0.322 e.